The number of aryl methyl sites for hydroxylation is 3. The molecule has 5 nitrogen and oxygen atoms in total. The largest absolute Gasteiger partial charge is 0.465 e. The van der Waals surface area contributed by atoms with Crippen molar-refractivity contribution in [3.63, 3.8) is 0 Å². The summed E-state index contributed by atoms with van der Waals surface area (Å²) >= 11 is 0. The number of carbonyl (C=O) groups is 1. The van der Waals surface area contributed by atoms with Gasteiger partial charge in [-0.3, -0.25) is 0 Å². The van der Waals surface area contributed by atoms with E-state index in [1.807, 2.05) is 19.1 Å². The highest BCUT2D eigenvalue weighted by Gasteiger charge is 2.39. The average molecular weight is 342 g/mol. The third kappa shape index (κ3) is 3.09. The van der Waals surface area contributed by atoms with Crippen LogP contribution in [0.4, 0.5) is 0 Å². The van der Waals surface area contributed by atoms with Crippen molar-refractivity contribution in [2.24, 2.45) is 0 Å². The molecule has 134 valence electrons. The molecule has 0 amide bonds. The van der Waals surface area contributed by atoms with E-state index in [1.54, 1.807) is 0 Å². The summed E-state index contributed by atoms with van der Waals surface area (Å²) in [6, 6.07) is 3.94. The van der Waals surface area contributed by atoms with Crippen LogP contribution in [-0.2, 0) is 21.3 Å². The molecule has 25 heavy (non-hydrogen) atoms. The molecule has 0 radical (unpaired) electrons. The first-order valence-electron chi connectivity index (χ1n) is 8.76. The summed E-state index contributed by atoms with van der Waals surface area (Å²) < 4.78 is 10.3. The number of methoxy groups -OCH3 is 1. The molecule has 0 spiro atoms. The van der Waals surface area contributed by atoms with Crippen LogP contribution in [0.15, 0.2) is 12.1 Å². The number of aromatic nitrogens is 2. The molecule has 2 heterocycles. The summed E-state index contributed by atoms with van der Waals surface area (Å²) in [5.74, 6) is 0.655. The molecule has 5 heteroatoms. The van der Waals surface area contributed by atoms with E-state index in [0.29, 0.717) is 18.8 Å². The number of hydrogen-bond donors (Lipinski definition) is 1. The fourth-order valence-electron chi connectivity index (χ4n) is 3.33. The van der Waals surface area contributed by atoms with Gasteiger partial charge in [0.25, 0.3) is 0 Å². The summed E-state index contributed by atoms with van der Waals surface area (Å²) in [6.07, 6.45) is 1.94. The molecule has 1 aliphatic heterocycles. The van der Waals surface area contributed by atoms with Crippen molar-refractivity contribution >= 4 is 5.97 Å². The van der Waals surface area contributed by atoms with Gasteiger partial charge in [-0.1, -0.05) is 19.4 Å². The SMILES string of the molecule is CCCc1[nH]c(C2(C)COC2)nc1-c1cc(C(=O)OC)c(C)cc1C. The first-order valence-corrected chi connectivity index (χ1v) is 8.76. The Bertz CT molecular complexity index is 804. The number of nitrogens with one attached hydrogen (secondary N) is 1. The molecule has 1 fully saturated rings. The maximum atomic E-state index is 12.1. The fraction of sp³-hybridized carbons (Fsp3) is 0.500. The van der Waals surface area contributed by atoms with E-state index in [9.17, 15) is 4.79 Å². The summed E-state index contributed by atoms with van der Waals surface area (Å²) in [6.45, 7) is 9.68. The van der Waals surface area contributed by atoms with Crippen molar-refractivity contribution in [3.05, 3.63) is 40.3 Å². The number of aromatic amines is 1. The van der Waals surface area contributed by atoms with Crippen molar-refractivity contribution < 1.29 is 14.3 Å². The lowest BCUT2D eigenvalue weighted by atomic mass is 9.88. The number of benzene rings is 1. The minimum Gasteiger partial charge on any atom is -0.465 e. The van der Waals surface area contributed by atoms with Gasteiger partial charge in [0.15, 0.2) is 0 Å². The monoisotopic (exact) mass is 342 g/mol. The van der Waals surface area contributed by atoms with Crippen LogP contribution < -0.4 is 0 Å². The number of imidazole rings is 1. The van der Waals surface area contributed by atoms with E-state index in [-0.39, 0.29) is 11.4 Å². The van der Waals surface area contributed by atoms with Gasteiger partial charge in [-0.25, -0.2) is 9.78 Å². The third-order valence-corrected chi connectivity index (χ3v) is 4.92. The second kappa shape index (κ2) is 6.64. The zero-order valence-electron chi connectivity index (χ0n) is 15.7. The fourth-order valence-corrected chi connectivity index (χ4v) is 3.33. The molecule has 0 atom stereocenters. The van der Waals surface area contributed by atoms with Gasteiger partial charge in [0.2, 0.25) is 0 Å². The number of hydrogen-bond acceptors (Lipinski definition) is 4. The lowest BCUT2D eigenvalue weighted by Crippen LogP contribution is -2.44. The lowest BCUT2D eigenvalue weighted by molar-refractivity contribution is -0.0539. The average Bonchev–Trinajstić information content (AvgIpc) is 2.96. The van der Waals surface area contributed by atoms with Crippen LogP contribution in [-0.4, -0.2) is 36.3 Å². The van der Waals surface area contributed by atoms with Crippen LogP contribution in [0.1, 0.15) is 53.3 Å². The Morgan fingerprint density at radius 2 is 2.04 bits per heavy atom. The van der Waals surface area contributed by atoms with E-state index >= 15 is 0 Å². The molecule has 1 aliphatic rings. The van der Waals surface area contributed by atoms with Crippen LogP contribution >= 0.6 is 0 Å². The molecule has 0 unspecified atom stereocenters. The topological polar surface area (TPSA) is 64.2 Å². The van der Waals surface area contributed by atoms with Crippen LogP contribution in [0.2, 0.25) is 0 Å². The Balaban J connectivity index is 2.13. The zero-order valence-corrected chi connectivity index (χ0v) is 15.7. The Kier molecular flexibility index (Phi) is 4.69. The first kappa shape index (κ1) is 17.7. The molecule has 1 saturated heterocycles. The third-order valence-electron chi connectivity index (χ3n) is 4.92. The highest BCUT2D eigenvalue weighted by atomic mass is 16.5. The van der Waals surface area contributed by atoms with Gasteiger partial charge in [0.05, 0.1) is 37.0 Å². The van der Waals surface area contributed by atoms with Crippen molar-refractivity contribution in [1.29, 1.82) is 0 Å². The van der Waals surface area contributed by atoms with Crippen LogP contribution in [0.25, 0.3) is 11.3 Å². The van der Waals surface area contributed by atoms with E-state index in [1.165, 1.54) is 7.11 Å². The van der Waals surface area contributed by atoms with E-state index in [2.05, 4.69) is 25.8 Å². The van der Waals surface area contributed by atoms with E-state index in [0.717, 1.165) is 46.7 Å². The van der Waals surface area contributed by atoms with E-state index in [4.69, 9.17) is 14.5 Å². The number of esters is 1. The Labute approximate surface area is 148 Å². The van der Waals surface area contributed by atoms with Crippen LogP contribution in [0, 0.1) is 13.8 Å². The highest BCUT2D eigenvalue weighted by molar-refractivity contribution is 5.93. The highest BCUT2D eigenvalue weighted by Crippen LogP contribution is 2.35. The van der Waals surface area contributed by atoms with Gasteiger partial charge in [-0.15, -0.1) is 0 Å². The van der Waals surface area contributed by atoms with Crippen molar-refractivity contribution in [1.82, 2.24) is 9.97 Å². The first-order chi connectivity index (χ1) is 11.9. The standard InChI is InChI=1S/C20H26N2O3/c1-6-7-16-17(22-19(21-16)20(4)10-25-11-20)14-9-15(18(23)24-5)13(3)8-12(14)2/h8-9H,6-7,10-11H2,1-5H3,(H,21,22). The number of nitrogens with zero attached hydrogens (tertiary/aromatic N) is 1. The predicted molar refractivity (Wildman–Crippen MR) is 97.0 cm³/mol. The van der Waals surface area contributed by atoms with E-state index < -0.39 is 0 Å². The molecule has 1 aromatic carbocycles. The number of ether oxygens (including phenoxy) is 2. The summed E-state index contributed by atoms with van der Waals surface area (Å²) in [5, 5.41) is 0. The minimum absolute atomic E-state index is 0.0511. The van der Waals surface area contributed by atoms with Gasteiger partial charge in [-0.2, -0.15) is 0 Å². The van der Waals surface area contributed by atoms with Crippen LogP contribution in [0.5, 0.6) is 0 Å². The Hall–Kier alpha value is -2.14. The summed E-state index contributed by atoms with van der Waals surface area (Å²) in [7, 11) is 1.41. The van der Waals surface area contributed by atoms with Gasteiger partial charge in [0.1, 0.15) is 5.82 Å². The van der Waals surface area contributed by atoms with Gasteiger partial charge < -0.3 is 14.5 Å². The van der Waals surface area contributed by atoms with Crippen LogP contribution in [0.3, 0.4) is 0 Å². The maximum absolute atomic E-state index is 12.1. The number of carbonyl (C=O) groups excluding carboxylic acids is 1. The van der Waals surface area contributed by atoms with Gasteiger partial charge in [0, 0.05) is 11.3 Å². The normalized spacial score (nSPS) is 15.7. The molecule has 0 aliphatic carbocycles. The second-order valence-corrected chi connectivity index (χ2v) is 7.19. The molecule has 0 saturated carbocycles. The molecule has 2 aromatic rings. The minimum atomic E-state index is -0.314. The molecular formula is C20H26N2O3. The smallest absolute Gasteiger partial charge is 0.338 e. The summed E-state index contributed by atoms with van der Waals surface area (Å²) in [4.78, 5) is 20.5. The molecule has 0 bridgehead atoms. The van der Waals surface area contributed by atoms with Gasteiger partial charge >= 0.3 is 5.97 Å². The second-order valence-electron chi connectivity index (χ2n) is 7.19. The molecular weight excluding hydrogens is 316 g/mol. The number of H-pyrrole nitrogens is 1. The Morgan fingerprint density at radius 3 is 2.60 bits per heavy atom. The lowest BCUT2D eigenvalue weighted by Gasteiger charge is -2.36. The number of rotatable bonds is 5. The zero-order chi connectivity index (χ0) is 18.2. The molecule has 1 aromatic heterocycles. The van der Waals surface area contributed by atoms with Crippen molar-refractivity contribution in [2.75, 3.05) is 20.3 Å². The maximum Gasteiger partial charge on any atom is 0.338 e. The molecule has 1 N–H and O–H groups in total. The quantitative estimate of drug-likeness (QED) is 0.841. The van der Waals surface area contributed by atoms with Gasteiger partial charge in [-0.05, 0) is 44.4 Å². The Morgan fingerprint density at radius 1 is 1.32 bits per heavy atom. The summed E-state index contributed by atoms with van der Waals surface area (Å²) in [5.41, 5.74) is 5.61. The van der Waals surface area contributed by atoms with Crippen molar-refractivity contribution in [2.45, 2.75) is 46.0 Å². The van der Waals surface area contributed by atoms with Crippen molar-refractivity contribution in [3.8, 4) is 11.3 Å². The predicted octanol–water partition coefficient (Wildman–Crippen LogP) is 3.72. The molecule has 3 rings (SSSR count).